The maximum atomic E-state index is 11.0. The minimum Gasteiger partial charge on any atom is -0.756 e. The first-order valence-corrected chi connectivity index (χ1v) is 6.18. The van der Waals surface area contributed by atoms with E-state index in [-0.39, 0.29) is 39.4 Å². The van der Waals surface area contributed by atoms with Gasteiger partial charge >= 0.3 is 26.2 Å². The predicted molar refractivity (Wildman–Crippen MR) is 55.1 cm³/mol. The van der Waals surface area contributed by atoms with Crippen molar-refractivity contribution in [3.05, 3.63) is 0 Å². The van der Waals surface area contributed by atoms with Gasteiger partial charge in [0.1, 0.15) is 0 Å². The van der Waals surface area contributed by atoms with Crippen molar-refractivity contribution in [1.82, 2.24) is 0 Å². The summed E-state index contributed by atoms with van der Waals surface area (Å²) in [5, 5.41) is 0. The molecule has 0 saturated heterocycles. The van der Waals surface area contributed by atoms with Gasteiger partial charge < -0.3 is 13.9 Å². The van der Waals surface area contributed by atoms with E-state index in [2.05, 4.69) is 9.05 Å². The largest absolute Gasteiger partial charge is 3.00 e. The third-order valence-electron chi connectivity index (χ3n) is 1.49. The van der Waals surface area contributed by atoms with Crippen LogP contribution in [0.25, 0.3) is 0 Å². The summed E-state index contributed by atoms with van der Waals surface area (Å²) in [6, 6.07) is 0. The Kier molecular flexibility index (Phi) is 13.1. The summed E-state index contributed by atoms with van der Waals surface area (Å²) in [5.74, 6) is 0. The Hall–Kier alpha value is 0.993. The molecule has 0 rings (SSSR count). The maximum Gasteiger partial charge on any atom is 3.00 e. The summed E-state index contributed by atoms with van der Waals surface area (Å²) in [5.41, 5.74) is 0. The van der Waals surface area contributed by atoms with Gasteiger partial charge in [0, 0.05) is 0 Å². The molecule has 0 N–H and O–H groups in total. The molecular formula is C8H18BiO4P+2. The quantitative estimate of drug-likeness (QED) is 0.342. The summed E-state index contributed by atoms with van der Waals surface area (Å²) < 4.78 is 20.2. The van der Waals surface area contributed by atoms with E-state index in [1.807, 2.05) is 13.8 Å². The second-order valence-corrected chi connectivity index (χ2v) is 4.23. The van der Waals surface area contributed by atoms with Crippen LogP contribution in [0.3, 0.4) is 0 Å². The molecule has 0 fully saturated rings. The second-order valence-electron chi connectivity index (χ2n) is 2.82. The fourth-order valence-corrected chi connectivity index (χ4v) is 1.46. The number of phosphoric acid groups is 1. The first-order valence-electron chi connectivity index (χ1n) is 4.72. The number of hydrogen-bond donors (Lipinski definition) is 0. The van der Waals surface area contributed by atoms with Crippen LogP contribution in [-0.2, 0) is 13.6 Å². The molecule has 0 aromatic heterocycles. The van der Waals surface area contributed by atoms with Gasteiger partial charge in [-0.2, -0.15) is 0 Å². The van der Waals surface area contributed by atoms with Crippen LogP contribution in [-0.4, -0.2) is 39.4 Å². The van der Waals surface area contributed by atoms with Crippen molar-refractivity contribution < 1.29 is 18.5 Å². The summed E-state index contributed by atoms with van der Waals surface area (Å²) in [7, 11) is -4.00. The molecule has 0 bridgehead atoms. The molecule has 0 spiro atoms. The minimum absolute atomic E-state index is 0. The van der Waals surface area contributed by atoms with Crippen molar-refractivity contribution in [1.29, 1.82) is 0 Å². The average Bonchev–Trinajstić information content (AvgIpc) is 2.05. The molecule has 0 aliphatic rings. The van der Waals surface area contributed by atoms with Gasteiger partial charge in [0.15, 0.2) is 0 Å². The van der Waals surface area contributed by atoms with E-state index in [9.17, 15) is 9.46 Å². The molecule has 14 heavy (non-hydrogen) atoms. The first kappa shape index (κ1) is 17.4. The molecule has 0 saturated carbocycles. The molecular weight excluding hydrogens is 400 g/mol. The molecule has 0 aliphatic carbocycles. The van der Waals surface area contributed by atoms with E-state index in [1.165, 1.54) is 0 Å². The molecule has 0 unspecified atom stereocenters. The van der Waals surface area contributed by atoms with E-state index in [0.29, 0.717) is 0 Å². The van der Waals surface area contributed by atoms with Crippen LogP contribution in [0.2, 0.25) is 0 Å². The van der Waals surface area contributed by atoms with E-state index in [4.69, 9.17) is 0 Å². The van der Waals surface area contributed by atoms with Crippen LogP contribution in [0.15, 0.2) is 0 Å². The summed E-state index contributed by atoms with van der Waals surface area (Å²) in [6.07, 6.45) is 3.30. The number of unbranched alkanes of at least 4 members (excludes halogenated alkanes) is 2. The Bertz CT molecular complexity index is 151. The predicted octanol–water partition coefficient (Wildman–Crippen LogP) is 1.71. The van der Waals surface area contributed by atoms with Crippen molar-refractivity contribution in [2.24, 2.45) is 0 Å². The van der Waals surface area contributed by atoms with Crippen molar-refractivity contribution in [2.75, 3.05) is 13.2 Å². The van der Waals surface area contributed by atoms with E-state index in [0.717, 1.165) is 25.7 Å². The monoisotopic (exact) mass is 418 g/mol. The summed E-state index contributed by atoms with van der Waals surface area (Å²) >= 11 is 0. The standard InChI is InChI=1S/C8H19O4P.Bi/c1-3-5-7-11-13(9,10)12-8-6-4-2;/h3-8H2,1-2H3,(H,9,10);/q;+3/p-1. The van der Waals surface area contributed by atoms with Crippen LogP contribution in [0.1, 0.15) is 39.5 Å². The van der Waals surface area contributed by atoms with Gasteiger partial charge in [-0.15, -0.1) is 0 Å². The third kappa shape index (κ3) is 11.1. The normalized spacial score (nSPS) is 11.1. The molecule has 82 valence electrons. The second kappa shape index (κ2) is 10.5. The topological polar surface area (TPSA) is 58.6 Å². The molecule has 0 atom stereocenters. The fraction of sp³-hybridized carbons (Fsp3) is 1.00. The number of phosphoric ester groups is 1. The maximum absolute atomic E-state index is 11.0. The van der Waals surface area contributed by atoms with Crippen molar-refractivity contribution in [3.63, 3.8) is 0 Å². The van der Waals surface area contributed by atoms with Gasteiger partial charge in [-0.3, -0.25) is 4.57 Å². The van der Waals surface area contributed by atoms with Crippen molar-refractivity contribution in [2.45, 2.75) is 39.5 Å². The van der Waals surface area contributed by atoms with Gasteiger partial charge in [-0.25, -0.2) is 0 Å². The zero-order chi connectivity index (χ0) is 10.2. The summed E-state index contributed by atoms with van der Waals surface area (Å²) in [6.45, 7) is 4.39. The van der Waals surface area contributed by atoms with Gasteiger partial charge in [-0.05, 0) is 12.8 Å². The van der Waals surface area contributed by atoms with Crippen LogP contribution in [0.4, 0.5) is 0 Å². The third-order valence-corrected chi connectivity index (χ3v) is 2.49. The Morgan fingerprint density at radius 1 is 1.07 bits per heavy atom. The van der Waals surface area contributed by atoms with Gasteiger partial charge in [-0.1, -0.05) is 26.7 Å². The van der Waals surface area contributed by atoms with E-state index < -0.39 is 7.82 Å². The molecule has 0 amide bonds. The Morgan fingerprint density at radius 2 is 1.43 bits per heavy atom. The Morgan fingerprint density at radius 3 is 1.71 bits per heavy atom. The molecule has 0 aromatic rings. The fourth-order valence-electron chi connectivity index (χ4n) is 0.679. The van der Waals surface area contributed by atoms with Crippen molar-refractivity contribution in [3.8, 4) is 0 Å². The number of hydrogen-bond acceptors (Lipinski definition) is 4. The zero-order valence-corrected chi connectivity index (χ0v) is 13.1. The SMILES string of the molecule is CCCCOP(=O)([O-])OCCCC.[Bi+3]. The minimum atomic E-state index is -4.00. The molecule has 2 radical (unpaired) electrons. The Balaban J connectivity index is 0. The zero-order valence-electron chi connectivity index (χ0n) is 8.77. The van der Waals surface area contributed by atoms with E-state index in [1.54, 1.807) is 0 Å². The molecule has 0 heterocycles. The average molecular weight is 418 g/mol. The van der Waals surface area contributed by atoms with E-state index >= 15 is 0 Å². The molecule has 0 aromatic carbocycles. The molecule has 4 nitrogen and oxygen atoms in total. The smallest absolute Gasteiger partial charge is 0.756 e. The van der Waals surface area contributed by atoms with Crippen LogP contribution >= 0.6 is 7.82 Å². The van der Waals surface area contributed by atoms with Crippen LogP contribution in [0, 0.1) is 0 Å². The summed E-state index contributed by atoms with van der Waals surface area (Å²) in [4.78, 5) is 11.0. The van der Waals surface area contributed by atoms with Crippen LogP contribution < -0.4 is 4.89 Å². The molecule has 6 heteroatoms. The first-order chi connectivity index (χ1) is 6.12. The Labute approximate surface area is 105 Å². The van der Waals surface area contributed by atoms with Gasteiger partial charge in [0.2, 0.25) is 0 Å². The van der Waals surface area contributed by atoms with Gasteiger partial charge in [0.25, 0.3) is 7.82 Å². The number of rotatable bonds is 8. The van der Waals surface area contributed by atoms with Crippen LogP contribution in [0.5, 0.6) is 0 Å². The molecule has 0 aliphatic heterocycles. The van der Waals surface area contributed by atoms with Crippen molar-refractivity contribution >= 4 is 34.0 Å². The van der Waals surface area contributed by atoms with Gasteiger partial charge in [0.05, 0.1) is 13.2 Å².